The van der Waals surface area contributed by atoms with Gasteiger partial charge in [-0.1, -0.05) is 42.8 Å². The van der Waals surface area contributed by atoms with E-state index < -0.39 is 16.0 Å². The number of carbonyl (C=O) groups excluding carboxylic acids is 1. The van der Waals surface area contributed by atoms with E-state index in [1.54, 1.807) is 12.1 Å². The summed E-state index contributed by atoms with van der Waals surface area (Å²) in [5, 5.41) is 0. The Bertz CT molecular complexity index is 886. The lowest BCUT2D eigenvalue weighted by molar-refractivity contribution is 0.0467. The molecule has 0 aromatic heterocycles. The number of rotatable bonds is 5. The lowest BCUT2D eigenvalue weighted by atomic mass is 10.1. The number of aryl methyl sites for hydroxylation is 1. The van der Waals surface area contributed by atoms with Crippen LogP contribution in [-0.2, 0) is 21.4 Å². The molecule has 5 nitrogen and oxygen atoms in total. The van der Waals surface area contributed by atoms with Crippen molar-refractivity contribution in [3.63, 3.8) is 0 Å². The molecule has 1 aliphatic heterocycles. The second-order valence-corrected chi connectivity index (χ2v) is 8.37. The van der Waals surface area contributed by atoms with Gasteiger partial charge in [-0.2, -0.15) is 4.31 Å². The van der Waals surface area contributed by atoms with E-state index in [4.69, 9.17) is 4.74 Å². The molecule has 1 saturated heterocycles. The molecule has 0 atom stereocenters. The molecule has 2 aromatic carbocycles. The summed E-state index contributed by atoms with van der Waals surface area (Å²) in [7, 11) is -3.70. The molecule has 0 bridgehead atoms. The van der Waals surface area contributed by atoms with E-state index in [0.29, 0.717) is 13.1 Å². The van der Waals surface area contributed by atoms with Gasteiger partial charge < -0.3 is 4.74 Å². The number of hydrogen-bond acceptors (Lipinski definition) is 4. The standard InChI is InChI=1S/C20H23NO4S/c1-16-9-3-4-10-17(16)15-25-20(22)18-11-5-6-12-19(18)26(23,24)21-13-7-2-8-14-21/h3-6,9-12H,2,7-8,13-15H2,1H3. The first-order valence-electron chi connectivity index (χ1n) is 8.81. The molecule has 0 unspecified atom stereocenters. The summed E-state index contributed by atoms with van der Waals surface area (Å²) in [6, 6.07) is 13.9. The van der Waals surface area contributed by atoms with Crippen LogP contribution in [0.1, 0.15) is 40.7 Å². The van der Waals surface area contributed by atoms with E-state index in [9.17, 15) is 13.2 Å². The Hall–Kier alpha value is -2.18. The van der Waals surface area contributed by atoms with Crippen LogP contribution >= 0.6 is 0 Å². The Morgan fingerprint density at radius 1 is 1.00 bits per heavy atom. The van der Waals surface area contributed by atoms with Crippen LogP contribution in [-0.4, -0.2) is 31.8 Å². The highest BCUT2D eigenvalue weighted by Gasteiger charge is 2.30. The van der Waals surface area contributed by atoms with Gasteiger partial charge in [0, 0.05) is 13.1 Å². The van der Waals surface area contributed by atoms with Gasteiger partial charge in [-0.3, -0.25) is 0 Å². The smallest absolute Gasteiger partial charge is 0.339 e. The van der Waals surface area contributed by atoms with Gasteiger partial charge in [0.05, 0.1) is 10.5 Å². The van der Waals surface area contributed by atoms with Crippen molar-refractivity contribution in [3.8, 4) is 0 Å². The van der Waals surface area contributed by atoms with Gasteiger partial charge in [0.25, 0.3) is 0 Å². The molecule has 2 aromatic rings. The number of piperidine rings is 1. The lowest BCUT2D eigenvalue weighted by Gasteiger charge is -2.26. The first kappa shape index (κ1) is 18.6. The van der Waals surface area contributed by atoms with Crippen molar-refractivity contribution in [2.45, 2.75) is 37.7 Å². The van der Waals surface area contributed by atoms with Crippen LogP contribution < -0.4 is 0 Å². The molecule has 0 amide bonds. The number of esters is 1. The largest absolute Gasteiger partial charge is 0.457 e. The third-order valence-corrected chi connectivity index (χ3v) is 6.62. The number of hydrogen-bond donors (Lipinski definition) is 0. The van der Waals surface area contributed by atoms with Crippen LogP contribution in [0.2, 0.25) is 0 Å². The summed E-state index contributed by atoms with van der Waals surface area (Å²) in [4.78, 5) is 12.6. The Balaban J connectivity index is 1.82. The maximum atomic E-state index is 13.0. The van der Waals surface area contributed by atoms with Crippen molar-refractivity contribution < 1.29 is 17.9 Å². The third-order valence-electron chi connectivity index (χ3n) is 4.66. The van der Waals surface area contributed by atoms with Gasteiger partial charge in [0.2, 0.25) is 10.0 Å². The van der Waals surface area contributed by atoms with Crippen molar-refractivity contribution in [2.24, 2.45) is 0 Å². The number of ether oxygens (including phenoxy) is 1. The summed E-state index contributed by atoms with van der Waals surface area (Å²) in [6.07, 6.45) is 2.73. The summed E-state index contributed by atoms with van der Waals surface area (Å²) in [5.41, 5.74) is 2.01. The fourth-order valence-corrected chi connectivity index (χ4v) is 4.79. The SMILES string of the molecule is Cc1ccccc1COC(=O)c1ccccc1S(=O)(=O)N1CCCCC1. The summed E-state index contributed by atoms with van der Waals surface area (Å²) in [5.74, 6) is -0.621. The average Bonchev–Trinajstić information content (AvgIpc) is 2.68. The van der Waals surface area contributed by atoms with Crippen molar-refractivity contribution in [1.29, 1.82) is 0 Å². The number of benzene rings is 2. The molecule has 138 valence electrons. The lowest BCUT2D eigenvalue weighted by Crippen LogP contribution is -2.36. The van der Waals surface area contributed by atoms with Crippen LogP contribution in [0.25, 0.3) is 0 Å². The Kier molecular flexibility index (Phi) is 5.74. The van der Waals surface area contributed by atoms with Crippen molar-refractivity contribution in [3.05, 3.63) is 65.2 Å². The monoisotopic (exact) mass is 373 g/mol. The predicted octanol–water partition coefficient (Wildman–Crippen LogP) is 3.53. The van der Waals surface area contributed by atoms with Gasteiger partial charge in [0.15, 0.2) is 0 Å². The molecule has 1 fully saturated rings. The summed E-state index contributed by atoms with van der Waals surface area (Å²) in [6.45, 7) is 3.05. The minimum Gasteiger partial charge on any atom is -0.457 e. The van der Waals surface area contributed by atoms with Gasteiger partial charge in [-0.15, -0.1) is 0 Å². The minimum atomic E-state index is -3.70. The van der Waals surface area contributed by atoms with Gasteiger partial charge in [-0.25, -0.2) is 13.2 Å². The Labute approximate surface area is 154 Å². The first-order valence-corrected chi connectivity index (χ1v) is 10.2. The van der Waals surface area contributed by atoms with E-state index >= 15 is 0 Å². The topological polar surface area (TPSA) is 63.7 Å². The average molecular weight is 373 g/mol. The number of carbonyl (C=O) groups is 1. The summed E-state index contributed by atoms with van der Waals surface area (Å²) >= 11 is 0. The van der Waals surface area contributed by atoms with Crippen molar-refractivity contribution in [2.75, 3.05) is 13.1 Å². The van der Waals surface area contributed by atoms with E-state index in [1.807, 2.05) is 31.2 Å². The number of sulfonamides is 1. The molecule has 0 spiro atoms. The van der Waals surface area contributed by atoms with Crippen LogP contribution in [0, 0.1) is 6.92 Å². The highest BCUT2D eigenvalue weighted by molar-refractivity contribution is 7.89. The zero-order valence-electron chi connectivity index (χ0n) is 14.8. The fraction of sp³-hybridized carbons (Fsp3) is 0.350. The highest BCUT2D eigenvalue weighted by Crippen LogP contribution is 2.24. The molecule has 0 aliphatic carbocycles. The van der Waals surface area contributed by atoms with Crippen LogP contribution in [0.15, 0.2) is 53.4 Å². The van der Waals surface area contributed by atoms with E-state index in [1.165, 1.54) is 16.4 Å². The third kappa shape index (κ3) is 3.97. The molecule has 0 saturated carbocycles. The zero-order chi connectivity index (χ0) is 18.6. The first-order chi connectivity index (χ1) is 12.5. The highest BCUT2D eigenvalue weighted by atomic mass is 32.2. The quantitative estimate of drug-likeness (QED) is 0.752. The molecule has 3 rings (SSSR count). The van der Waals surface area contributed by atoms with E-state index in [2.05, 4.69) is 0 Å². The maximum Gasteiger partial charge on any atom is 0.339 e. The Morgan fingerprint density at radius 3 is 2.38 bits per heavy atom. The van der Waals surface area contributed by atoms with Gasteiger partial charge in [-0.05, 0) is 43.0 Å². The van der Waals surface area contributed by atoms with E-state index in [-0.39, 0.29) is 17.1 Å². The molecule has 0 N–H and O–H groups in total. The molecule has 1 aliphatic rings. The van der Waals surface area contributed by atoms with Gasteiger partial charge in [0.1, 0.15) is 6.61 Å². The van der Waals surface area contributed by atoms with Crippen LogP contribution in [0.3, 0.4) is 0 Å². The summed E-state index contributed by atoms with van der Waals surface area (Å²) < 4.78 is 32.8. The molecule has 1 heterocycles. The molecule has 0 radical (unpaired) electrons. The van der Waals surface area contributed by atoms with Crippen LogP contribution in [0.5, 0.6) is 0 Å². The second-order valence-electron chi connectivity index (χ2n) is 6.46. The fourth-order valence-electron chi connectivity index (χ4n) is 3.10. The maximum absolute atomic E-state index is 13.0. The normalized spacial score (nSPS) is 15.6. The van der Waals surface area contributed by atoms with Crippen molar-refractivity contribution in [1.82, 2.24) is 4.31 Å². The molecule has 26 heavy (non-hydrogen) atoms. The van der Waals surface area contributed by atoms with Crippen LogP contribution in [0.4, 0.5) is 0 Å². The Morgan fingerprint density at radius 2 is 1.65 bits per heavy atom. The van der Waals surface area contributed by atoms with Gasteiger partial charge >= 0.3 is 5.97 Å². The second kappa shape index (κ2) is 8.01. The minimum absolute atomic E-state index is 0.0247. The molecular weight excluding hydrogens is 350 g/mol. The van der Waals surface area contributed by atoms with E-state index in [0.717, 1.165) is 30.4 Å². The molecule has 6 heteroatoms. The number of nitrogens with zero attached hydrogens (tertiary/aromatic N) is 1. The van der Waals surface area contributed by atoms with Crippen molar-refractivity contribution >= 4 is 16.0 Å². The molecular formula is C20H23NO4S. The zero-order valence-corrected chi connectivity index (χ0v) is 15.7. The predicted molar refractivity (Wildman–Crippen MR) is 99.4 cm³/mol.